The average molecular weight is 386 g/mol. The van der Waals surface area contributed by atoms with Gasteiger partial charge >= 0.3 is 5.97 Å². The number of amides is 1. The van der Waals surface area contributed by atoms with Crippen LogP contribution >= 0.6 is 23.2 Å². The first-order valence-electron chi connectivity index (χ1n) is 7.19. The highest BCUT2D eigenvalue weighted by atomic mass is 35.5. The van der Waals surface area contributed by atoms with Gasteiger partial charge in [-0.25, -0.2) is 9.18 Å². The number of rotatable bonds is 6. The van der Waals surface area contributed by atoms with E-state index in [-0.39, 0.29) is 0 Å². The summed E-state index contributed by atoms with van der Waals surface area (Å²) in [7, 11) is 0. The molecule has 0 radical (unpaired) electrons. The van der Waals surface area contributed by atoms with Gasteiger partial charge in [-0.05, 0) is 49.4 Å². The van der Waals surface area contributed by atoms with E-state index in [1.807, 2.05) is 0 Å². The van der Waals surface area contributed by atoms with E-state index in [0.29, 0.717) is 21.5 Å². The predicted octanol–water partition coefficient (Wildman–Crippen LogP) is 4.08. The Morgan fingerprint density at radius 3 is 2.52 bits per heavy atom. The Morgan fingerprint density at radius 1 is 1.16 bits per heavy atom. The molecule has 25 heavy (non-hydrogen) atoms. The molecule has 0 aliphatic carbocycles. The predicted molar refractivity (Wildman–Crippen MR) is 92.5 cm³/mol. The first kappa shape index (κ1) is 19.0. The molecule has 2 aromatic rings. The lowest BCUT2D eigenvalue weighted by atomic mass is 10.3. The molecule has 0 saturated carbocycles. The quantitative estimate of drug-likeness (QED) is 0.760. The Kier molecular flexibility index (Phi) is 6.61. The van der Waals surface area contributed by atoms with Crippen molar-refractivity contribution >= 4 is 40.8 Å². The van der Waals surface area contributed by atoms with E-state index >= 15 is 0 Å². The van der Waals surface area contributed by atoms with Crippen molar-refractivity contribution in [3.8, 4) is 5.75 Å². The molecule has 0 saturated heterocycles. The van der Waals surface area contributed by atoms with Crippen LogP contribution in [0.2, 0.25) is 10.0 Å². The molecule has 0 aliphatic heterocycles. The fraction of sp³-hybridized carbons (Fsp3) is 0.176. The number of benzene rings is 2. The number of hydrogen-bond acceptors (Lipinski definition) is 4. The fourth-order valence-electron chi connectivity index (χ4n) is 1.79. The number of carbonyl (C=O) groups is 2. The largest absolute Gasteiger partial charge is 0.482 e. The van der Waals surface area contributed by atoms with Crippen LogP contribution in [0.1, 0.15) is 6.92 Å². The third-order valence-corrected chi connectivity index (χ3v) is 3.60. The van der Waals surface area contributed by atoms with Crippen LogP contribution in [0.25, 0.3) is 0 Å². The van der Waals surface area contributed by atoms with Gasteiger partial charge in [0.25, 0.3) is 5.91 Å². The molecule has 5 nitrogen and oxygen atoms in total. The zero-order valence-electron chi connectivity index (χ0n) is 13.1. The lowest BCUT2D eigenvalue weighted by Gasteiger charge is -2.14. The van der Waals surface area contributed by atoms with Gasteiger partial charge in [-0.15, -0.1) is 0 Å². The third-order valence-electron chi connectivity index (χ3n) is 3.03. The summed E-state index contributed by atoms with van der Waals surface area (Å²) in [5.74, 6) is -1.43. The summed E-state index contributed by atoms with van der Waals surface area (Å²) in [6.07, 6.45) is -1.07. The molecule has 2 aromatic carbocycles. The first-order valence-corrected chi connectivity index (χ1v) is 7.94. The second kappa shape index (κ2) is 8.69. The minimum atomic E-state index is -1.07. The Bertz CT molecular complexity index is 768. The van der Waals surface area contributed by atoms with Crippen LogP contribution in [0, 0.1) is 5.82 Å². The van der Waals surface area contributed by atoms with Gasteiger partial charge in [0.05, 0.1) is 10.7 Å². The topological polar surface area (TPSA) is 64.6 Å². The number of ether oxygens (including phenoxy) is 2. The number of anilines is 1. The summed E-state index contributed by atoms with van der Waals surface area (Å²) < 4.78 is 22.9. The minimum Gasteiger partial charge on any atom is -0.482 e. The maximum absolute atomic E-state index is 12.8. The molecule has 0 heterocycles. The van der Waals surface area contributed by atoms with Crippen molar-refractivity contribution < 1.29 is 23.5 Å². The van der Waals surface area contributed by atoms with Crippen molar-refractivity contribution in [2.75, 3.05) is 11.9 Å². The van der Waals surface area contributed by atoms with Gasteiger partial charge in [0.15, 0.2) is 12.7 Å². The van der Waals surface area contributed by atoms with Gasteiger partial charge in [-0.3, -0.25) is 4.79 Å². The molecule has 1 amide bonds. The zero-order chi connectivity index (χ0) is 18.4. The van der Waals surface area contributed by atoms with Gasteiger partial charge in [0.1, 0.15) is 11.6 Å². The lowest BCUT2D eigenvalue weighted by molar-refractivity contribution is -0.155. The summed E-state index contributed by atoms with van der Waals surface area (Å²) in [6, 6.07) is 9.74. The van der Waals surface area contributed by atoms with Crippen LogP contribution in [0.5, 0.6) is 5.75 Å². The van der Waals surface area contributed by atoms with Crippen LogP contribution < -0.4 is 10.1 Å². The molecule has 0 bridgehead atoms. The molecule has 1 N–H and O–H groups in total. The summed E-state index contributed by atoms with van der Waals surface area (Å²) in [5, 5.41) is 3.22. The second-order valence-corrected chi connectivity index (χ2v) is 5.83. The van der Waals surface area contributed by atoms with Gasteiger partial charge in [-0.1, -0.05) is 23.2 Å². The zero-order valence-corrected chi connectivity index (χ0v) is 14.6. The molecule has 0 aliphatic rings. The van der Waals surface area contributed by atoms with Gasteiger partial charge in [0, 0.05) is 5.02 Å². The fourth-order valence-corrected chi connectivity index (χ4v) is 2.12. The van der Waals surface area contributed by atoms with E-state index in [1.54, 1.807) is 6.07 Å². The summed E-state index contributed by atoms with van der Waals surface area (Å²) in [6.45, 7) is 0.991. The molecule has 1 atom stereocenters. The molecular formula is C17H14Cl2FNO4. The summed E-state index contributed by atoms with van der Waals surface area (Å²) >= 11 is 11.8. The summed E-state index contributed by atoms with van der Waals surface area (Å²) in [4.78, 5) is 23.8. The third kappa shape index (κ3) is 5.92. The highest BCUT2D eigenvalue weighted by Crippen LogP contribution is 2.25. The van der Waals surface area contributed by atoms with Crippen LogP contribution in [0.4, 0.5) is 10.1 Å². The highest BCUT2D eigenvalue weighted by molar-refractivity contribution is 6.35. The smallest absolute Gasteiger partial charge is 0.344 e. The van der Waals surface area contributed by atoms with Crippen LogP contribution in [-0.2, 0) is 14.3 Å². The van der Waals surface area contributed by atoms with Gasteiger partial charge < -0.3 is 14.8 Å². The van der Waals surface area contributed by atoms with E-state index < -0.39 is 30.4 Å². The van der Waals surface area contributed by atoms with Gasteiger partial charge in [0.2, 0.25) is 0 Å². The Hall–Kier alpha value is -2.31. The Morgan fingerprint density at radius 2 is 1.84 bits per heavy atom. The molecule has 0 unspecified atom stereocenters. The van der Waals surface area contributed by atoms with E-state index in [2.05, 4.69) is 5.32 Å². The number of halogens is 3. The SMILES string of the molecule is C[C@@H](OC(=O)COc1ccc(F)cc1)C(=O)Nc1cc(Cl)ccc1Cl. The molecule has 0 fully saturated rings. The normalized spacial score (nSPS) is 11.5. The van der Waals surface area contributed by atoms with E-state index in [9.17, 15) is 14.0 Å². The standard InChI is InChI=1S/C17H14Cl2FNO4/c1-10(17(23)21-15-8-11(18)2-7-14(15)19)25-16(22)9-24-13-5-3-12(20)4-6-13/h2-8,10H,9H2,1H3,(H,21,23)/t10-/m1/s1. The van der Waals surface area contributed by atoms with E-state index in [0.717, 1.165) is 0 Å². The number of hydrogen-bond donors (Lipinski definition) is 1. The van der Waals surface area contributed by atoms with Crippen molar-refractivity contribution in [3.05, 3.63) is 58.3 Å². The van der Waals surface area contributed by atoms with Gasteiger partial charge in [-0.2, -0.15) is 0 Å². The number of carbonyl (C=O) groups excluding carboxylic acids is 2. The van der Waals surface area contributed by atoms with E-state index in [1.165, 1.54) is 43.3 Å². The molecule has 8 heteroatoms. The second-order valence-electron chi connectivity index (χ2n) is 4.99. The molecule has 132 valence electrons. The minimum absolute atomic E-state index is 0.302. The van der Waals surface area contributed by atoms with Crippen LogP contribution in [-0.4, -0.2) is 24.6 Å². The van der Waals surface area contributed by atoms with E-state index in [4.69, 9.17) is 32.7 Å². The Balaban J connectivity index is 1.84. The molecule has 0 aromatic heterocycles. The molecule has 0 spiro atoms. The van der Waals surface area contributed by atoms with Crippen molar-refractivity contribution in [2.24, 2.45) is 0 Å². The van der Waals surface area contributed by atoms with Crippen LogP contribution in [0.3, 0.4) is 0 Å². The molecular weight excluding hydrogens is 372 g/mol. The molecule has 2 rings (SSSR count). The Labute approximate surface area is 153 Å². The lowest BCUT2D eigenvalue weighted by Crippen LogP contribution is -2.31. The first-order chi connectivity index (χ1) is 11.8. The monoisotopic (exact) mass is 385 g/mol. The maximum Gasteiger partial charge on any atom is 0.344 e. The van der Waals surface area contributed by atoms with Crippen molar-refractivity contribution in [1.29, 1.82) is 0 Å². The maximum atomic E-state index is 12.8. The number of nitrogens with one attached hydrogen (secondary N) is 1. The highest BCUT2D eigenvalue weighted by Gasteiger charge is 2.19. The summed E-state index contributed by atoms with van der Waals surface area (Å²) in [5.41, 5.74) is 0.310. The van der Waals surface area contributed by atoms with Crippen molar-refractivity contribution in [1.82, 2.24) is 0 Å². The number of esters is 1. The van der Waals surface area contributed by atoms with Crippen molar-refractivity contribution in [2.45, 2.75) is 13.0 Å². The van der Waals surface area contributed by atoms with Crippen molar-refractivity contribution in [3.63, 3.8) is 0 Å². The average Bonchev–Trinajstić information content (AvgIpc) is 2.57. The van der Waals surface area contributed by atoms with Crippen LogP contribution in [0.15, 0.2) is 42.5 Å².